The van der Waals surface area contributed by atoms with Crippen molar-refractivity contribution in [2.45, 2.75) is 64.6 Å². The Balaban J connectivity index is 1.52. The van der Waals surface area contributed by atoms with Gasteiger partial charge in [-0.25, -0.2) is 0 Å². The molecule has 0 heterocycles. The third kappa shape index (κ3) is 5.14. The van der Waals surface area contributed by atoms with Crippen LogP contribution in [0.4, 0.5) is 0 Å². The lowest BCUT2D eigenvalue weighted by atomic mass is 9.75. The summed E-state index contributed by atoms with van der Waals surface area (Å²) in [6.07, 6.45) is 22.5. The van der Waals surface area contributed by atoms with Gasteiger partial charge in [-0.15, -0.1) is 0 Å². The van der Waals surface area contributed by atoms with Gasteiger partial charge < -0.3 is 4.74 Å². The molecule has 2 aromatic carbocycles. The average Bonchev–Trinajstić information content (AvgIpc) is 3.12. The standard InChI is InChI=1S/C37H43BOP/c1-26(2)31-23-22-27(3)24-35(31)39-36-25-28-14-10-11-19-32(28)37(34-21-13-12-20-33(34)36)40(38,29-15-6-4-7-16-29)30-17-8-5-9-18-30/h4-12,14-20,25-28,31-32,35,37H,13,21-24H2,1-3H3/q+1/t27-,28?,31+,32?,35?,37?/m0/s1. The van der Waals surface area contributed by atoms with E-state index in [1.807, 2.05) is 0 Å². The topological polar surface area (TPSA) is 9.23 Å². The first-order valence-electron chi connectivity index (χ1n) is 15.4. The number of benzene rings is 2. The van der Waals surface area contributed by atoms with Crippen LogP contribution >= 0.6 is 7.14 Å². The first kappa shape index (κ1) is 27.6. The number of hydrogen-bond acceptors (Lipinski definition) is 1. The van der Waals surface area contributed by atoms with Gasteiger partial charge in [0.05, 0.1) is 16.3 Å². The van der Waals surface area contributed by atoms with Crippen molar-refractivity contribution in [3.05, 3.63) is 120 Å². The smallest absolute Gasteiger partial charge is 0.378 e. The zero-order valence-corrected chi connectivity index (χ0v) is 25.2. The molecule has 3 heteroatoms. The number of hydrogen-bond donors (Lipinski definition) is 0. The molecule has 1 nitrogen and oxygen atoms in total. The second-order valence-corrected chi connectivity index (χ2v) is 15.9. The molecule has 2 aromatic rings. The van der Waals surface area contributed by atoms with E-state index in [1.165, 1.54) is 34.6 Å². The van der Waals surface area contributed by atoms with Crippen molar-refractivity contribution in [1.82, 2.24) is 0 Å². The number of ether oxygens (including phenoxy) is 1. The SMILES string of the molecule is [B][P+](c1ccccc1)(c1ccccc1)C1C2=C(C=CCC2)C(OC2C[C@@H](C)CC[C@@H]2C(C)C)=CC2C=CC=CC21. The van der Waals surface area contributed by atoms with E-state index in [4.69, 9.17) is 12.3 Å². The normalized spacial score (nSPS) is 29.9. The summed E-state index contributed by atoms with van der Waals surface area (Å²) < 4.78 is 7.21. The van der Waals surface area contributed by atoms with Crippen molar-refractivity contribution in [2.24, 2.45) is 29.6 Å². The molecule has 0 aromatic heterocycles. The Hall–Kier alpha value is -2.57. The van der Waals surface area contributed by atoms with E-state index < -0.39 is 7.14 Å². The lowest BCUT2D eigenvalue weighted by Crippen LogP contribution is -2.39. The molecule has 2 radical (unpaired) electrons. The van der Waals surface area contributed by atoms with Crippen LogP contribution in [0.5, 0.6) is 0 Å². The summed E-state index contributed by atoms with van der Waals surface area (Å²) in [7, 11) is 5.61. The monoisotopic (exact) mass is 545 g/mol. The molecule has 0 N–H and O–H groups in total. The highest BCUT2D eigenvalue weighted by Crippen LogP contribution is 2.64. The molecule has 4 unspecified atom stereocenters. The molecule has 204 valence electrons. The molecule has 0 spiro atoms. The van der Waals surface area contributed by atoms with Crippen LogP contribution in [0.1, 0.15) is 52.9 Å². The summed E-state index contributed by atoms with van der Waals surface area (Å²) in [6, 6.07) is 21.9. The molecular weight excluding hydrogens is 502 g/mol. The van der Waals surface area contributed by atoms with Gasteiger partial charge in [0.25, 0.3) is 0 Å². The van der Waals surface area contributed by atoms with Crippen molar-refractivity contribution >= 4 is 25.3 Å². The maximum Gasteiger partial charge on any atom is 0.378 e. The molecule has 6 rings (SSSR count). The van der Waals surface area contributed by atoms with E-state index in [-0.39, 0.29) is 23.6 Å². The number of rotatable bonds is 6. The number of allylic oxidation sites excluding steroid dienone is 8. The fraction of sp³-hybridized carbons (Fsp3) is 0.405. The van der Waals surface area contributed by atoms with Crippen molar-refractivity contribution in [3.8, 4) is 0 Å². The highest BCUT2D eigenvalue weighted by Gasteiger charge is 2.53. The van der Waals surface area contributed by atoms with Gasteiger partial charge in [-0.1, -0.05) is 100 Å². The third-order valence-corrected chi connectivity index (χ3v) is 13.6. The Morgan fingerprint density at radius 2 is 1.57 bits per heavy atom. The molecule has 4 aliphatic carbocycles. The van der Waals surface area contributed by atoms with Crippen LogP contribution in [-0.2, 0) is 4.74 Å². The van der Waals surface area contributed by atoms with Gasteiger partial charge in [0, 0.05) is 24.5 Å². The summed E-state index contributed by atoms with van der Waals surface area (Å²) in [5, 5.41) is 2.55. The van der Waals surface area contributed by atoms with E-state index in [0.717, 1.165) is 25.0 Å². The predicted octanol–water partition coefficient (Wildman–Crippen LogP) is 8.49. The zero-order valence-electron chi connectivity index (χ0n) is 24.3. The van der Waals surface area contributed by atoms with E-state index in [1.54, 1.807) is 0 Å². The zero-order chi connectivity index (χ0) is 27.7. The second kappa shape index (κ2) is 11.7. The summed E-state index contributed by atoms with van der Waals surface area (Å²) in [6.45, 7) is 7.14. The first-order chi connectivity index (χ1) is 19.5. The fourth-order valence-electron chi connectivity index (χ4n) is 7.70. The molecule has 1 fully saturated rings. The van der Waals surface area contributed by atoms with Crippen LogP contribution < -0.4 is 10.6 Å². The summed E-state index contributed by atoms with van der Waals surface area (Å²) >= 11 is 0. The predicted molar refractivity (Wildman–Crippen MR) is 174 cm³/mol. The Morgan fingerprint density at radius 3 is 2.25 bits per heavy atom. The van der Waals surface area contributed by atoms with Gasteiger partial charge >= 0.3 is 7.57 Å². The maximum absolute atomic E-state index is 7.94. The van der Waals surface area contributed by atoms with Gasteiger partial charge in [-0.05, 0) is 79.4 Å². The molecule has 1 saturated carbocycles. The molecule has 0 bridgehead atoms. The largest absolute Gasteiger partial charge is 0.490 e. The lowest BCUT2D eigenvalue weighted by molar-refractivity contribution is 0.00169. The van der Waals surface area contributed by atoms with Gasteiger partial charge in [-0.3, -0.25) is 0 Å². The van der Waals surface area contributed by atoms with Crippen LogP contribution in [0.25, 0.3) is 0 Å². The van der Waals surface area contributed by atoms with Crippen LogP contribution in [0.15, 0.2) is 120 Å². The van der Waals surface area contributed by atoms with Crippen molar-refractivity contribution in [2.75, 3.05) is 0 Å². The molecule has 0 saturated heterocycles. The highest BCUT2D eigenvalue weighted by molar-refractivity contribution is 8.09. The first-order valence-corrected chi connectivity index (χ1v) is 17.3. The fourth-order valence-corrected chi connectivity index (χ4v) is 11.6. The summed E-state index contributed by atoms with van der Waals surface area (Å²) in [5.41, 5.74) is 3.00. The Morgan fingerprint density at radius 1 is 0.900 bits per heavy atom. The maximum atomic E-state index is 7.94. The average molecular weight is 546 g/mol. The van der Waals surface area contributed by atoms with E-state index in [2.05, 4.69) is 124 Å². The molecular formula is C37H43BOP+. The third-order valence-electron chi connectivity index (χ3n) is 9.81. The van der Waals surface area contributed by atoms with Gasteiger partial charge in [0.1, 0.15) is 11.9 Å². The van der Waals surface area contributed by atoms with E-state index in [0.29, 0.717) is 17.8 Å². The molecule has 6 atom stereocenters. The summed E-state index contributed by atoms with van der Waals surface area (Å²) in [4.78, 5) is 0. The lowest BCUT2D eigenvalue weighted by Gasteiger charge is -2.40. The minimum atomic E-state index is -2.33. The Labute approximate surface area is 243 Å². The Bertz CT molecular complexity index is 1300. The molecule has 40 heavy (non-hydrogen) atoms. The molecule has 0 amide bonds. The van der Waals surface area contributed by atoms with Crippen LogP contribution in [0.3, 0.4) is 0 Å². The van der Waals surface area contributed by atoms with Crippen molar-refractivity contribution in [1.29, 1.82) is 0 Å². The molecule has 0 aliphatic heterocycles. The van der Waals surface area contributed by atoms with E-state index in [9.17, 15) is 0 Å². The van der Waals surface area contributed by atoms with Gasteiger partial charge in [0.15, 0.2) is 0 Å². The quantitative estimate of drug-likeness (QED) is 0.261. The minimum absolute atomic E-state index is 0.201. The minimum Gasteiger partial charge on any atom is -0.490 e. The van der Waals surface area contributed by atoms with Crippen molar-refractivity contribution < 1.29 is 4.74 Å². The van der Waals surface area contributed by atoms with E-state index >= 15 is 0 Å². The Kier molecular flexibility index (Phi) is 8.10. The van der Waals surface area contributed by atoms with Gasteiger partial charge in [-0.2, -0.15) is 0 Å². The summed E-state index contributed by atoms with van der Waals surface area (Å²) in [5.74, 6) is 3.56. The van der Waals surface area contributed by atoms with Crippen LogP contribution in [0, 0.1) is 29.6 Å². The molecule has 4 aliphatic rings. The van der Waals surface area contributed by atoms with Crippen LogP contribution in [0.2, 0.25) is 0 Å². The van der Waals surface area contributed by atoms with Crippen LogP contribution in [-0.4, -0.2) is 19.3 Å². The highest BCUT2D eigenvalue weighted by atomic mass is 31.2. The van der Waals surface area contributed by atoms with Crippen molar-refractivity contribution in [3.63, 3.8) is 0 Å². The number of fused-ring (bicyclic) bond motifs is 1. The van der Waals surface area contributed by atoms with Gasteiger partial charge in [0.2, 0.25) is 0 Å². The second-order valence-electron chi connectivity index (χ2n) is 12.7.